The molecule has 0 fully saturated rings. The van der Waals surface area contributed by atoms with Gasteiger partial charge in [0, 0.05) is 30.0 Å². The largest absolute Gasteiger partial charge is 0.508 e. The van der Waals surface area contributed by atoms with Crippen LogP contribution in [0.15, 0.2) is 46.9 Å². The van der Waals surface area contributed by atoms with Gasteiger partial charge in [0.2, 0.25) is 0 Å². The minimum atomic E-state index is -0.685. The number of nitro benzene ring substituents is 1. The lowest BCUT2D eigenvalue weighted by atomic mass is 9.90. The number of rotatable bonds is 2. The molecule has 1 aromatic carbocycles. The Morgan fingerprint density at radius 2 is 1.96 bits per heavy atom. The zero-order chi connectivity index (χ0) is 17.6. The van der Waals surface area contributed by atoms with E-state index in [0.717, 1.165) is 11.6 Å². The summed E-state index contributed by atoms with van der Waals surface area (Å²) in [6.07, 6.45) is 1.44. The van der Waals surface area contributed by atoms with Crippen molar-refractivity contribution in [2.24, 2.45) is 0 Å². The molecule has 7 heteroatoms. The molecule has 0 amide bonds. The molecule has 0 radical (unpaired) electrons. The van der Waals surface area contributed by atoms with Crippen LogP contribution in [0, 0.1) is 10.1 Å². The molecule has 0 spiro atoms. The molecule has 124 valence electrons. The van der Waals surface area contributed by atoms with Crippen LogP contribution < -0.4 is 10.3 Å². The van der Waals surface area contributed by atoms with E-state index in [1.165, 1.54) is 35.0 Å². The van der Waals surface area contributed by atoms with Crippen molar-refractivity contribution in [3.8, 4) is 11.5 Å². The van der Waals surface area contributed by atoms with E-state index in [2.05, 4.69) is 0 Å². The van der Waals surface area contributed by atoms with Gasteiger partial charge in [0.25, 0.3) is 11.2 Å². The molecule has 1 aromatic heterocycles. The summed E-state index contributed by atoms with van der Waals surface area (Å²) < 4.78 is 7.30. The standard InChI is InChI=1S/C17H16N2O5/c1-10-16(18-7-6-12(20)9-15(18)21)13-8-11(19(22)23)4-5-14(13)24-17(10,2)3/h4-9,20H,1-3H3. The average molecular weight is 328 g/mol. The third-order valence-electron chi connectivity index (χ3n) is 4.20. The summed E-state index contributed by atoms with van der Waals surface area (Å²) in [5, 5.41) is 20.6. The zero-order valence-corrected chi connectivity index (χ0v) is 13.4. The number of ether oxygens (including phenoxy) is 1. The number of benzene rings is 1. The highest BCUT2D eigenvalue weighted by Crippen LogP contribution is 2.42. The molecule has 1 aliphatic rings. The molecule has 3 rings (SSSR count). The Kier molecular flexibility index (Phi) is 3.44. The maximum absolute atomic E-state index is 12.3. The van der Waals surface area contributed by atoms with E-state index in [1.54, 1.807) is 0 Å². The Hall–Kier alpha value is -3.09. The molecule has 0 saturated heterocycles. The van der Waals surface area contributed by atoms with E-state index in [4.69, 9.17) is 4.74 Å². The van der Waals surface area contributed by atoms with Gasteiger partial charge in [-0.1, -0.05) is 0 Å². The number of non-ortho nitro benzene ring substituents is 1. The van der Waals surface area contributed by atoms with Crippen molar-refractivity contribution in [2.45, 2.75) is 26.4 Å². The summed E-state index contributed by atoms with van der Waals surface area (Å²) in [7, 11) is 0. The normalized spacial score (nSPS) is 15.6. The van der Waals surface area contributed by atoms with Crippen LogP contribution in [0.3, 0.4) is 0 Å². The third-order valence-corrected chi connectivity index (χ3v) is 4.20. The van der Waals surface area contributed by atoms with E-state index in [9.17, 15) is 20.0 Å². The van der Waals surface area contributed by atoms with Gasteiger partial charge in [-0.3, -0.25) is 19.5 Å². The molecule has 1 aliphatic heterocycles. The first kappa shape index (κ1) is 15.8. The number of nitro groups is 1. The van der Waals surface area contributed by atoms with Crippen LogP contribution >= 0.6 is 0 Å². The van der Waals surface area contributed by atoms with Crippen LogP contribution in [0.2, 0.25) is 0 Å². The van der Waals surface area contributed by atoms with Gasteiger partial charge in [-0.2, -0.15) is 0 Å². The SMILES string of the molecule is CC1=C(n2ccc(O)cc2=O)c2cc([N+](=O)[O-])ccc2OC1(C)C. The number of hydrogen-bond donors (Lipinski definition) is 1. The van der Waals surface area contributed by atoms with Crippen molar-refractivity contribution in [3.63, 3.8) is 0 Å². The highest BCUT2D eigenvalue weighted by atomic mass is 16.6. The summed E-state index contributed by atoms with van der Waals surface area (Å²) in [6, 6.07) is 6.78. The number of aromatic hydroxyl groups is 1. The van der Waals surface area contributed by atoms with Gasteiger partial charge in [-0.25, -0.2) is 0 Å². The first-order chi connectivity index (χ1) is 11.2. The fourth-order valence-corrected chi connectivity index (χ4v) is 2.71. The molecule has 0 atom stereocenters. The molecular weight excluding hydrogens is 312 g/mol. The van der Waals surface area contributed by atoms with Crippen LogP contribution in [0.4, 0.5) is 5.69 Å². The molecule has 0 saturated carbocycles. The Morgan fingerprint density at radius 1 is 1.25 bits per heavy atom. The van der Waals surface area contributed by atoms with Crippen molar-refractivity contribution in [2.75, 3.05) is 0 Å². The van der Waals surface area contributed by atoms with Gasteiger partial charge in [-0.05, 0) is 38.5 Å². The highest BCUT2D eigenvalue weighted by molar-refractivity contribution is 5.77. The number of hydrogen-bond acceptors (Lipinski definition) is 5. The van der Waals surface area contributed by atoms with E-state index in [1.807, 2.05) is 20.8 Å². The number of fused-ring (bicyclic) bond motifs is 1. The average Bonchev–Trinajstić information content (AvgIpc) is 2.49. The fourth-order valence-electron chi connectivity index (χ4n) is 2.71. The van der Waals surface area contributed by atoms with Crippen LogP contribution in [-0.2, 0) is 0 Å². The van der Waals surface area contributed by atoms with Crippen LogP contribution in [0.25, 0.3) is 5.70 Å². The molecule has 2 aromatic rings. The topological polar surface area (TPSA) is 94.6 Å². The first-order valence-corrected chi connectivity index (χ1v) is 7.32. The molecule has 2 heterocycles. The van der Waals surface area contributed by atoms with Gasteiger partial charge >= 0.3 is 0 Å². The summed E-state index contributed by atoms with van der Waals surface area (Å²) in [6.45, 7) is 5.53. The smallest absolute Gasteiger partial charge is 0.270 e. The minimum Gasteiger partial charge on any atom is -0.508 e. The predicted molar refractivity (Wildman–Crippen MR) is 88.2 cm³/mol. The summed E-state index contributed by atoms with van der Waals surface area (Å²) in [5.41, 5.74) is 0.538. The van der Waals surface area contributed by atoms with Crippen molar-refractivity contribution in [1.82, 2.24) is 4.57 Å². The monoisotopic (exact) mass is 328 g/mol. The van der Waals surface area contributed by atoms with Crippen LogP contribution in [0.1, 0.15) is 26.3 Å². The molecule has 24 heavy (non-hydrogen) atoms. The van der Waals surface area contributed by atoms with Crippen molar-refractivity contribution >= 4 is 11.4 Å². The third kappa shape index (κ3) is 2.44. The first-order valence-electron chi connectivity index (χ1n) is 7.32. The maximum atomic E-state index is 12.3. The second kappa shape index (κ2) is 5.23. The number of pyridine rings is 1. The quantitative estimate of drug-likeness (QED) is 0.675. The van der Waals surface area contributed by atoms with Crippen LogP contribution in [0.5, 0.6) is 11.5 Å². The van der Waals surface area contributed by atoms with Crippen molar-refractivity contribution in [1.29, 1.82) is 0 Å². The Labute approximate surface area is 137 Å². The second-order valence-corrected chi connectivity index (χ2v) is 6.12. The number of nitrogens with zero attached hydrogens (tertiary/aromatic N) is 2. The predicted octanol–water partition coefficient (Wildman–Crippen LogP) is 2.91. The molecule has 0 aliphatic carbocycles. The van der Waals surface area contributed by atoms with Crippen molar-refractivity contribution in [3.05, 3.63) is 68.1 Å². The minimum absolute atomic E-state index is 0.0887. The van der Waals surface area contributed by atoms with E-state index < -0.39 is 16.1 Å². The Morgan fingerprint density at radius 3 is 2.58 bits per heavy atom. The molecule has 0 unspecified atom stereocenters. The summed E-state index contributed by atoms with van der Waals surface area (Å²) in [4.78, 5) is 22.9. The summed E-state index contributed by atoms with van der Waals surface area (Å²) in [5.74, 6) is 0.325. The van der Waals surface area contributed by atoms with E-state index in [-0.39, 0.29) is 11.4 Å². The maximum Gasteiger partial charge on any atom is 0.270 e. The van der Waals surface area contributed by atoms with Crippen molar-refractivity contribution < 1.29 is 14.8 Å². The number of aromatic nitrogens is 1. The van der Waals surface area contributed by atoms with Gasteiger partial charge < -0.3 is 9.84 Å². The lowest BCUT2D eigenvalue weighted by molar-refractivity contribution is -0.384. The fraction of sp³-hybridized carbons (Fsp3) is 0.235. The van der Waals surface area contributed by atoms with Gasteiger partial charge in [0.05, 0.1) is 10.6 Å². The Balaban J connectivity index is 2.35. The van der Waals surface area contributed by atoms with Crippen LogP contribution in [-0.4, -0.2) is 20.2 Å². The lowest BCUT2D eigenvalue weighted by Crippen LogP contribution is -2.36. The van der Waals surface area contributed by atoms with Gasteiger partial charge in [0.1, 0.15) is 17.1 Å². The molecule has 0 bridgehead atoms. The summed E-state index contributed by atoms with van der Waals surface area (Å²) >= 11 is 0. The lowest BCUT2D eigenvalue weighted by Gasteiger charge is -2.35. The highest BCUT2D eigenvalue weighted by Gasteiger charge is 2.34. The molecule has 7 nitrogen and oxygen atoms in total. The van der Waals surface area contributed by atoms with Gasteiger partial charge in [0.15, 0.2) is 0 Å². The second-order valence-electron chi connectivity index (χ2n) is 6.12. The van der Waals surface area contributed by atoms with Gasteiger partial charge in [-0.15, -0.1) is 0 Å². The van der Waals surface area contributed by atoms with E-state index in [0.29, 0.717) is 17.0 Å². The molecule has 1 N–H and O–H groups in total. The van der Waals surface area contributed by atoms with E-state index >= 15 is 0 Å². The molecular formula is C17H16N2O5. The Bertz CT molecular complexity index is 940. The zero-order valence-electron chi connectivity index (χ0n) is 13.4.